The molecule has 0 aliphatic carbocycles. The van der Waals surface area contributed by atoms with Crippen molar-refractivity contribution in [3.63, 3.8) is 0 Å². The summed E-state index contributed by atoms with van der Waals surface area (Å²) in [5.74, 6) is 9.95. The van der Waals surface area contributed by atoms with Crippen LogP contribution < -0.4 is 20.1 Å². The number of nitrogens with two attached hydrogens (primary N) is 1. The standard InChI is InChI=1S/C21H21N5O4S/c1-27-15-7-4-13(5-8-15)17-11-16(30-25-17)12-31-21-24-23-20(26(21)22)14-6-9-18(28-2)19(10-14)29-3/h4-11H,12,22H2,1-3H3. The third-order valence-corrected chi connectivity index (χ3v) is 5.56. The lowest BCUT2D eigenvalue weighted by Crippen LogP contribution is -2.11. The molecule has 31 heavy (non-hydrogen) atoms. The molecular formula is C21H21N5O4S. The van der Waals surface area contributed by atoms with E-state index in [1.54, 1.807) is 33.5 Å². The molecule has 0 saturated carbocycles. The molecule has 2 aromatic heterocycles. The molecule has 160 valence electrons. The molecular weight excluding hydrogens is 418 g/mol. The van der Waals surface area contributed by atoms with Crippen molar-refractivity contribution in [3.8, 4) is 39.9 Å². The lowest BCUT2D eigenvalue weighted by molar-refractivity contribution is 0.355. The Morgan fingerprint density at radius 1 is 0.903 bits per heavy atom. The third kappa shape index (κ3) is 4.29. The Labute approximate surface area is 183 Å². The van der Waals surface area contributed by atoms with E-state index < -0.39 is 0 Å². The summed E-state index contributed by atoms with van der Waals surface area (Å²) in [6, 6.07) is 15.0. The van der Waals surface area contributed by atoms with Gasteiger partial charge in [-0.3, -0.25) is 0 Å². The molecule has 0 aliphatic heterocycles. The van der Waals surface area contributed by atoms with Crippen LogP contribution in [0.25, 0.3) is 22.6 Å². The number of benzene rings is 2. The maximum atomic E-state index is 6.23. The molecule has 0 amide bonds. The fraction of sp³-hybridized carbons (Fsp3) is 0.190. The van der Waals surface area contributed by atoms with Gasteiger partial charge in [-0.25, -0.2) is 4.68 Å². The normalized spacial score (nSPS) is 10.8. The van der Waals surface area contributed by atoms with Crippen LogP contribution in [0.4, 0.5) is 0 Å². The quantitative estimate of drug-likeness (QED) is 0.325. The number of ether oxygens (including phenoxy) is 3. The first-order chi connectivity index (χ1) is 15.1. The van der Waals surface area contributed by atoms with E-state index in [9.17, 15) is 0 Å². The first kappa shape index (κ1) is 20.6. The van der Waals surface area contributed by atoms with Gasteiger partial charge in [0.1, 0.15) is 17.2 Å². The minimum absolute atomic E-state index is 0.504. The van der Waals surface area contributed by atoms with Gasteiger partial charge in [-0.2, -0.15) is 0 Å². The van der Waals surface area contributed by atoms with Crippen molar-refractivity contribution in [2.24, 2.45) is 0 Å². The molecule has 10 heteroatoms. The highest BCUT2D eigenvalue weighted by molar-refractivity contribution is 7.98. The topological polar surface area (TPSA) is 110 Å². The van der Waals surface area contributed by atoms with Crippen LogP contribution in [0.5, 0.6) is 17.2 Å². The van der Waals surface area contributed by atoms with Gasteiger partial charge in [0.2, 0.25) is 5.16 Å². The Kier molecular flexibility index (Phi) is 5.99. The summed E-state index contributed by atoms with van der Waals surface area (Å²) in [5.41, 5.74) is 2.46. The smallest absolute Gasteiger partial charge is 0.210 e. The number of nitrogen functional groups attached to an aromatic ring is 1. The minimum Gasteiger partial charge on any atom is -0.497 e. The zero-order chi connectivity index (χ0) is 21.8. The van der Waals surface area contributed by atoms with Gasteiger partial charge in [-0.05, 0) is 42.5 Å². The molecule has 2 aromatic carbocycles. The predicted octanol–water partition coefficient (Wildman–Crippen LogP) is 3.63. The van der Waals surface area contributed by atoms with Crippen molar-refractivity contribution >= 4 is 11.8 Å². The largest absolute Gasteiger partial charge is 0.497 e. The average Bonchev–Trinajstić information content (AvgIpc) is 3.44. The molecule has 9 nitrogen and oxygen atoms in total. The number of hydrogen-bond donors (Lipinski definition) is 1. The van der Waals surface area contributed by atoms with Gasteiger partial charge in [0.05, 0.1) is 27.1 Å². The average molecular weight is 439 g/mol. The summed E-state index contributed by atoms with van der Waals surface area (Å²) >= 11 is 1.40. The highest BCUT2D eigenvalue weighted by Crippen LogP contribution is 2.32. The van der Waals surface area contributed by atoms with Gasteiger partial charge in [0.15, 0.2) is 17.3 Å². The van der Waals surface area contributed by atoms with E-state index in [-0.39, 0.29) is 0 Å². The molecule has 0 unspecified atom stereocenters. The van der Waals surface area contributed by atoms with Gasteiger partial charge in [-0.15, -0.1) is 10.2 Å². The van der Waals surface area contributed by atoms with Crippen LogP contribution in [0.2, 0.25) is 0 Å². The fourth-order valence-corrected chi connectivity index (χ4v) is 3.69. The summed E-state index contributed by atoms with van der Waals surface area (Å²) in [7, 11) is 4.79. The van der Waals surface area contributed by atoms with Crippen LogP contribution in [-0.4, -0.2) is 41.4 Å². The van der Waals surface area contributed by atoms with Crippen molar-refractivity contribution in [2.45, 2.75) is 10.9 Å². The first-order valence-corrected chi connectivity index (χ1v) is 10.3. The van der Waals surface area contributed by atoms with Crippen LogP contribution in [-0.2, 0) is 5.75 Å². The van der Waals surface area contributed by atoms with Gasteiger partial charge in [-0.1, -0.05) is 16.9 Å². The van der Waals surface area contributed by atoms with Gasteiger partial charge in [0.25, 0.3) is 0 Å². The molecule has 0 fully saturated rings. The third-order valence-electron chi connectivity index (χ3n) is 4.59. The Morgan fingerprint density at radius 3 is 2.35 bits per heavy atom. The lowest BCUT2D eigenvalue weighted by atomic mass is 10.1. The van der Waals surface area contributed by atoms with Crippen molar-refractivity contribution in [2.75, 3.05) is 27.2 Å². The van der Waals surface area contributed by atoms with Crippen LogP contribution in [0.1, 0.15) is 5.76 Å². The molecule has 0 aliphatic rings. The van der Waals surface area contributed by atoms with Crippen LogP contribution in [0.3, 0.4) is 0 Å². The summed E-state index contributed by atoms with van der Waals surface area (Å²) in [5, 5.41) is 13.1. The maximum Gasteiger partial charge on any atom is 0.210 e. The second-order valence-electron chi connectivity index (χ2n) is 6.44. The summed E-state index contributed by atoms with van der Waals surface area (Å²) < 4.78 is 22.7. The zero-order valence-electron chi connectivity index (χ0n) is 17.2. The second-order valence-corrected chi connectivity index (χ2v) is 7.38. The molecule has 2 N–H and O–H groups in total. The van der Waals surface area contributed by atoms with Gasteiger partial charge >= 0.3 is 0 Å². The van der Waals surface area contributed by atoms with E-state index in [0.29, 0.717) is 34.0 Å². The van der Waals surface area contributed by atoms with Crippen LogP contribution in [0, 0.1) is 0 Å². The second kappa shape index (κ2) is 9.00. The SMILES string of the molecule is COc1ccc(-c2cc(CSc3nnc(-c4ccc(OC)c(OC)c4)n3N)on2)cc1. The Hall–Kier alpha value is -3.66. The number of hydrogen-bond acceptors (Lipinski definition) is 9. The molecule has 0 saturated heterocycles. The van der Waals surface area contributed by atoms with Gasteiger partial charge in [0, 0.05) is 17.2 Å². The monoisotopic (exact) mass is 439 g/mol. The van der Waals surface area contributed by atoms with E-state index in [4.69, 9.17) is 24.6 Å². The number of rotatable bonds is 8. The van der Waals surface area contributed by atoms with E-state index in [1.165, 1.54) is 16.4 Å². The molecule has 0 spiro atoms. The lowest BCUT2D eigenvalue weighted by Gasteiger charge is -2.09. The first-order valence-electron chi connectivity index (χ1n) is 9.28. The van der Waals surface area contributed by atoms with Crippen LogP contribution >= 0.6 is 11.8 Å². The number of methoxy groups -OCH3 is 3. The molecule has 0 radical (unpaired) electrons. The summed E-state index contributed by atoms with van der Waals surface area (Å²) in [4.78, 5) is 0. The number of aromatic nitrogens is 4. The number of thioether (sulfide) groups is 1. The summed E-state index contributed by atoms with van der Waals surface area (Å²) in [6.45, 7) is 0. The Bertz CT molecular complexity index is 1170. The van der Waals surface area contributed by atoms with E-state index >= 15 is 0 Å². The number of nitrogens with zero attached hydrogens (tertiary/aromatic N) is 4. The Balaban J connectivity index is 1.47. The van der Waals surface area contributed by atoms with Crippen LogP contribution in [0.15, 0.2) is 58.2 Å². The highest BCUT2D eigenvalue weighted by atomic mass is 32.2. The van der Waals surface area contributed by atoms with E-state index in [0.717, 1.165) is 22.6 Å². The zero-order valence-corrected chi connectivity index (χ0v) is 18.0. The predicted molar refractivity (Wildman–Crippen MR) is 117 cm³/mol. The molecule has 4 rings (SSSR count). The maximum absolute atomic E-state index is 6.23. The molecule has 0 atom stereocenters. The Morgan fingerprint density at radius 2 is 1.65 bits per heavy atom. The van der Waals surface area contributed by atoms with Crippen molar-refractivity contribution in [1.29, 1.82) is 0 Å². The van der Waals surface area contributed by atoms with Crippen molar-refractivity contribution in [3.05, 3.63) is 54.3 Å². The minimum atomic E-state index is 0.504. The molecule has 2 heterocycles. The van der Waals surface area contributed by atoms with E-state index in [1.807, 2.05) is 36.4 Å². The fourth-order valence-electron chi connectivity index (χ4n) is 2.96. The molecule has 0 bridgehead atoms. The van der Waals surface area contributed by atoms with Crippen molar-refractivity contribution in [1.82, 2.24) is 20.0 Å². The van der Waals surface area contributed by atoms with E-state index in [2.05, 4.69) is 15.4 Å². The summed E-state index contributed by atoms with van der Waals surface area (Å²) in [6.07, 6.45) is 0. The van der Waals surface area contributed by atoms with Crippen molar-refractivity contribution < 1.29 is 18.7 Å². The highest BCUT2D eigenvalue weighted by Gasteiger charge is 2.16. The van der Waals surface area contributed by atoms with Gasteiger partial charge < -0.3 is 24.6 Å². The molecule has 4 aromatic rings.